The van der Waals surface area contributed by atoms with Gasteiger partial charge in [0.1, 0.15) is 66.4 Å². The van der Waals surface area contributed by atoms with Crippen molar-refractivity contribution in [1.82, 2.24) is 29.1 Å². The highest BCUT2D eigenvalue weighted by atomic mass is 19.1. The fourth-order valence-electron chi connectivity index (χ4n) is 6.87. The quantitative estimate of drug-likeness (QED) is 0.192. The molecule has 14 heteroatoms. The largest absolute Gasteiger partial charge is 0.493 e. The number of halogens is 2. The molecule has 3 aromatic carbocycles. The Labute approximate surface area is 287 Å². The highest BCUT2D eigenvalue weighted by Crippen LogP contribution is 2.42. The van der Waals surface area contributed by atoms with Crippen LogP contribution in [0.4, 0.5) is 20.2 Å². The first kappa shape index (κ1) is 33.3. The van der Waals surface area contributed by atoms with Crippen LogP contribution in [0.15, 0.2) is 90.5 Å². The molecule has 2 aliphatic heterocycles. The molecule has 260 valence electrons. The van der Waals surface area contributed by atoms with E-state index in [4.69, 9.17) is 9.47 Å². The maximum absolute atomic E-state index is 15.0. The van der Waals surface area contributed by atoms with Crippen LogP contribution in [0.2, 0.25) is 0 Å². The average Bonchev–Trinajstić information content (AvgIpc) is 3.94. The lowest BCUT2D eigenvalue weighted by Gasteiger charge is -2.29. The minimum atomic E-state index is -1.03. The second-order valence-electron chi connectivity index (χ2n) is 12.9. The summed E-state index contributed by atoms with van der Waals surface area (Å²) < 4.78 is 47.6. The second kappa shape index (κ2) is 14.0. The van der Waals surface area contributed by atoms with E-state index in [2.05, 4.69) is 31.0 Å². The van der Waals surface area contributed by atoms with Gasteiger partial charge in [-0.2, -0.15) is 10.2 Å². The number of hydrogen-bond acceptors (Lipinski definition) is 8. The lowest BCUT2D eigenvalue weighted by Crippen LogP contribution is -2.32. The van der Waals surface area contributed by atoms with E-state index >= 15 is 0 Å². The smallest absolute Gasteiger partial charge is 0.350 e. The van der Waals surface area contributed by atoms with Crippen LogP contribution in [-0.2, 0) is 16.9 Å². The molecule has 5 aromatic rings. The molecule has 50 heavy (non-hydrogen) atoms. The minimum absolute atomic E-state index is 0.0261. The number of rotatable bonds is 12. The zero-order valence-electron chi connectivity index (χ0n) is 27.8. The van der Waals surface area contributed by atoms with Crippen molar-refractivity contribution in [3.63, 3.8) is 0 Å². The third-order valence-electron chi connectivity index (χ3n) is 9.48. The Morgan fingerprint density at radius 1 is 1.06 bits per heavy atom. The molecule has 12 nitrogen and oxygen atoms in total. The van der Waals surface area contributed by atoms with Crippen LogP contribution in [0.1, 0.15) is 38.3 Å². The summed E-state index contributed by atoms with van der Waals surface area (Å²) in [6, 6.07) is 18.8. The molecule has 4 atom stereocenters. The average molecular weight is 686 g/mol. The first-order valence-corrected chi connectivity index (χ1v) is 16.7. The molecule has 0 unspecified atom stereocenters. The Balaban J connectivity index is 0.976. The second-order valence-corrected chi connectivity index (χ2v) is 12.9. The molecule has 2 aliphatic rings. The van der Waals surface area contributed by atoms with Gasteiger partial charge in [0.15, 0.2) is 0 Å². The first-order valence-electron chi connectivity index (χ1n) is 16.7. The normalized spacial score (nSPS) is 20.2. The van der Waals surface area contributed by atoms with E-state index in [0.29, 0.717) is 37.5 Å². The molecule has 0 saturated carbocycles. The lowest BCUT2D eigenvalue weighted by molar-refractivity contribution is -0.424. The summed E-state index contributed by atoms with van der Waals surface area (Å²) in [6.45, 7) is 6.12. The van der Waals surface area contributed by atoms with Gasteiger partial charge in [0.25, 0.3) is 0 Å². The summed E-state index contributed by atoms with van der Waals surface area (Å²) in [5.41, 5.74) is 1.68. The predicted molar refractivity (Wildman–Crippen MR) is 181 cm³/mol. The van der Waals surface area contributed by atoms with Gasteiger partial charge in [-0.15, -0.1) is 0 Å². The maximum Gasteiger partial charge on any atom is 0.350 e. The zero-order chi connectivity index (χ0) is 34.8. The van der Waals surface area contributed by atoms with Crippen LogP contribution in [0.25, 0.3) is 5.69 Å². The maximum atomic E-state index is 15.0. The highest BCUT2D eigenvalue weighted by Gasteiger charge is 2.44. The number of anilines is 1. The Bertz CT molecular complexity index is 2010. The summed E-state index contributed by atoms with van der Waals surface area (Å²) in [4.78, 5) is 19.1. The van der Waals surface area contributed by atoms with Gasteiger partial charge in [0.05, 0.1) is 37.6 Å². The van der Waals surface area contributed by atoms with Crippen molar-refractivity contribution in [2.75, 3.05) is 31.2 Å². The minimum Gasteiger partial charge on any atom is -0.493 e. The van der Waals surface area contributed by atoms with E-state index in [1.807, 2.05) is 55.5 Å². The van der Waals surface area contributed by atoms with E-state index in [0.717, 1.165) is 30.5 Å². The number of benzene rings is 3. The van der Waals surface area contributed by atoms with Crippen LogP contribution in [0.5, 0.6) is 5.75 Å². The Hall–Kier alpha value is -5.21. The SMILES string of the molecule is CC[C@@H]([C@H](C)O)n1ncn(-c2ccc([N+]3=CN(c4ccc(OC[C@@H]5CO[C@@](Cn6cncn6)(c6ccc(F)cc6F)C5)cc4)CC3)cc2)c1=O. The molecule has 0 radical (unpaired) electrons. The van der Waals surface area contributed by atoms with Crippen molar-refractivity contribution in [3.05, 3.63) is 113 Å². The van der Waals surface area contributed by atoms with Gasteiger partial charge in [0.2, 0.25) is 6.34 Å². The van der Waals surface area contributed by atoms with Gasteiger partial charge in [-0.25, -0.2) is 42.0 Å². The molecule has 1 saturated heterocycles. The molecular formula is C36H39F2N8O4+. The molecule has 0 spiro atoms. The van der Waals surface area contributed by atoms with E-state index in [1.165, 1.54) is 34.0 Å². The summed E-state index contributed by atoms with van der Waals surface area (Å²) in [5.74, 6) is -0.617. The zero-order valence-corrected chi connectivity index (χ0v) is 27.8. The van der Waals surface area contributed by atoms with Crippen molar-refractivity contribution < 1.29 is 27.9 Å². The van der Waals surface area contributed by atoms with Gasteiger partial charge in [-0.1, -0.05) is 13.0 Å². The molecule has 4 heterocycles. The fraction of sp³-hybridized carbons (Fsp3) is 0.361. The van der Waals surface area contributed by atoms with Gasteiger partial charge in [-0.3, -0.25) is 0 Å². The summed E-state index contributed by atoms with van der Waals surface area (Å²) in [5, 5.41) is 18.5. The third-order valence-corrected chi connectivity index (χ3v) is 9.48. The van der Waals surface area contributed by atoms with E-state index < -0.39 is 23.3 Å². The lowest BCUT2D eigenvalue weighted by atomic mass is 9.87. The number of aliphatic hydroxyl groups is 1. The summed E-state index contributed by atoms with van der Waals surface area (Å²) in [6.07, 6.45) is 6.89. The van der Waals surface area contributed by atoms with Gasteiger partial charge in [0, 0.05) is 17.5 Å². The van der Waals surface area contributed by atoms with Gasteiger partial charge < -0.3 is 14.6 Å². The van der Waals surface area contributed by atoms with Crippen LogP contribution in [-0.4, -0.2) is 77.5 Å². The molecule has 0 aliphatic carbocycles. The van der Waals surface area contributed by atoms with Gasteiger partial charge in [-0.05, 0) is 74.4 Å². The van der Waals surface area contributed by atoms with Crippen LogP contribution < -0.4 is 15.3 Å². The highest BCUT2D eigenvalue weighted by molar-refractivity contribution is 5.78. The van der Waals surface area contributed by atoms with Crippen molar-refractivity contribution >= 4 is 17.7 Å². The molecular weight excluding hydrogens is 646 g/mol. The molecule has 0 amide bonds. The van der Waals surface area contributed by atoms with Crippen LogP contribution in [0.3, 0.4) is 0 Å². The van der Waals surface area contributed by atoms with Crippen molar-refractivity contribution in [2.45, 2.75) is 51.0 Å². The summed E-state index contributed by atoms with van der Waals surface area (Å²) in [7, 11) is 0. The topological polar surface area (TPSA) is 115 Å². The molecule has 1 fully saturated rings. The molecule has 7 rings (SSSR count). The molecule has 0 bridgehead atoms. The Morgan fingerprint density at radius 3 is 2.54 bits per heavy atom. The number of nitrogens with zero attached hydrogens (tertiary/aromatic N) is 8. The predicted octanol–water partition coefficient (Wildman–Crippen LogP) is 4.44. The Kier molecular flexibility index (Phi) is 9.29. The number of aromatic nitrogens is 6. The number of ether oxygens (including phenoxy) is 2. The Morgan fingerprint density at radius 2 is 1.84 bits per heavy atom. The number of hydrogen-bond donors (Lipinski definition) is 1. The third kappa shape index (κ3) is 6.68. The van der Waals surface area contributed by atoms with Crippen molar-refractivity contribution in [3.8, 4) is 11.4 Å². The van der Waals surface area contributed by atoms with Crippen molar-refractivity contribution in [2.24, 2.45) is 5.92 Å². The van der Waals surface area contributed by atoms with Crippen LogP contribution in [0, 0.1) is 17.6 Å². The van der Waals surface area contributed by atoms with E-state index in [1.54, 1.807) is 17.9 Å². The molecule has 2 aromatic heterocycles. The monoisotopic (exact) mass is 685 g/mol. The number of aliphatic hydroxyl groups excluding tert-OH is 1. The molecule has 1 N–H and O–H groups in total. The standard InChI is InChI=1S/C36H39F2N8O4/c1-3-34(25(2)47)46-35(48)45(23-41-46)30-7-5-28(6-8-30)42-14-15-43(24-42)29-9-11-31(12-10-29)49-18-26-17-36(50-19-26,20-44-22-39-21-40-44)32-13-4-27(37)16-33(32)38/h4-13,16,21-26,34,47H,3,14-15,17-20H2,1-2H3/q+1/t25-,26+,34-,36-/m0/s1. The summed E-state index contributed by atoms with van der Waals surface area (Å²) >= 11 is 0. The van der Waals surface area contributed by atoms with Crippen LogP contribution >= 0.6 is 0 Å². The van der Waals surface area contributed by atoms with Crippen molar-refractivity contribution in [1.29, 1.82) is 0 Å². The van der Waals surface area contributed by atoms with E-state index in [-0.39, 0.29) is 29.8 Å². The van der Waals surface area contributed by atoms with Gasteiger partial charge >= 0.3 is 5.69 Å². The first-order chi connectivity index (χ1) is 24.2. The van der Waals surface area contributed by atoms with E-state index in [9.17, 15) is 18.7 Å². The fourth-order valence-corrected chi connectivity index (χ4v) is 6.87.